The van der Waals surface area contributed by atoms with E-state index in [9.17, 15) is 14.7 Å². The Bertz CT molecular complexity index is 1410. The lowest BCUT2D eigenvalue weighted by atomic mass is 10.00. The molecule has 2 atom stereocenters. The topological polar surface area (TPSA) is 123 Å². The number of aliphatic carboxylic acids is 1. The summed E-state index contributed by atoms with van der Waals surface area (Å²) in [7, 11) is 0. The Morgan fingerprint density at radius 2 is 2.06 bits per heavy atom. The first-order valence-corrected chi connectivity index (χ1v) is 10.4. The Morgan fingerprint density at radius 1 is 1.27 bits per heavy atom. The molecule has 0 amide bonds. The Hall–Kier alpha value is -3.98. The third-order valence-electron chi connectivity index (χ3n) is 5.28. The van der Waals surface area contributed by atoms with Gasteiger partial charge in [-0.25, -0.2) is 19.7 Å². The summed E-state index contributed by atoms with van der Waals surface area (Å²) in [6.07, 6.45) is 9.07. The summed E-state index contributed by atoms with van der Waals surface area (Å²) < 4.78 is 6.76. The van der Waals surface area contributed by atoms with Crippen molar-refractivity contribution in [1.82, 2.24) is 24.5 Å². The summed E-state index contributed by atoms with van der Waals surface area (Å²) in [5.74, 6) is -2.29. The van der Waals surface area contributed by atoms with Crippen molar-refractivity contribution in [3.8, 4) is 11.4 Å². The number of carboxylic acid groups (broad SMARTS) is 1. The molecule has 0 unspecified atom stereocenters. The number of allylic oxidation sites excluding steroid dienone is 1. The van der Waals surface area contributed by atoms with E-state index >= 15 is 0 Å². The summed E-state index contributed by atoms with van der Waals surface area (Å²) in [6, 6.07) is 0.990. The third-order valence-corrected chi connectivity index (χ3v) is 5.48. The largest absolute Gasteiger partial charge is 0.481 e. The zero-order chi connectivity index (χ0) is 23.7. The molecule has 9 nitrogen and oxygen atoms in total. The number of ether oxygens (including phenoxy) is 1. The van der Waals surface area contributed by atoms with Crippen molar-refractivity contribution < 1.29 is 19.4 Å². The number of aromatic amines is 1. The molecule has 0 aromatic carbocycles. The van der Waals surface area contributed by atoms with Crippen LogP contribution in [0.15, 0.2) is 56.2 Å². The van der Waals surface area contributed by atoms with Gasteiger partial charge in [0.05, 0.1) is 34.5 Å². The van der Waals surface area contributed by atoms with Crippen LogP contribution in [0.25, 0.3) is 33.5 Å². The van der Waals surface area contributed by atoms with Crippen LogP contribution in [-0.4, -0.2) is 48.2 Å². The minimum atomic E-state index is -1.08. The van der Waals surface area contributed by atoms with Gasteiger partial charge in [0.1, 0.15) is 11.3 Å². The quantitative estimate of drug-likeness (QED) is 0.291. The second kappa shape index (κ2) is 8.87. The number of nitrogens with one attached hydrogen (secondary N) is 1. The van der Waals surface area contributed by atoms with E-state index in [-0.39, 0.29) is 12.2 Å². The van der Waals surface area contributed by atoms with Crippen LogP contribution in [-0.2, 0) is 9.53 Å². The van der Waals surface area contributed by atoms with E-state index in [1.165, 1.54) is 30.7 Å². The van der Waals surface area contributed by atoms with Gasteiger partial charge in [-0.15, -0.1) is 13.2 Å². The molecule has 0 aliphatic carbocycles. The number of carbonyl (C=O) groups excluding carboxylic acids is 1. The molecular formula is C23H20ClN5O4. The smallest absolute Gasteiger partial charge is 0.340 e. The number of aromatic nitrogens is 5. The zero-order valence-electron chi connectivity index (χ0n) is 17.7. The van der Waals surface area contributed by atoms with Crippen molar-refractivity contribution in [1.29, 1.82) is 0 Å². The van der Waals surface area contributed by atoms with Crippen LogP contribution >= 0.6 is 11.6 Å². The number of hydrogen-bond acceptors (Lipinski definition) is 6. The number of halogens is 1. The lowest BCUT2D eigenvalue weighted by molar-refractivity contribution is -0.140. The molecule has 168 valence electrons. The first-order valence-electron chi connectivity index (χ1n) is 10.0. The van der Waals surface area contributed by atoms with Gasteiger partial charge in [-0.2, -0.15) is 0 Å². The summed E-state index contributed by atoms with van der Waals surface area (Å²) in [6.45, 7) is 9.31. The first-order chi connectivity index (χ1) is 15.9. The fourth-order valence-corrected chi connectivity index (χ4v) is 3.90. The predicted octanol–water partition coefficient (Wildman–Crippen LogP) is 4.42. The molecule has 0 spiro atoms. The van der Waals surface area contributed by atoms with Crippen molar-refractivity contribution in [3.63, 3.8) is 0 Å². The van der Waals surface area contributed by atoms with E-state index in [4.69, 9.17) is 16.3 Å². The maximum absolute atomic E-state index is 12.6. The molecule has 0 aliphatic rings. The van der Waals surface area contributed by atoms with Gasteiger partial charge in [0.25, 0.3) is 0 Å². The summed E-state index contributed by atoms with van der Waals surface area (Å²) in [5, 5.41) is 11.3. The van der Waals surface area contributed by atoms with E-state index in [1.54, 1.807) is 23.8 Å². The highest BCUT2D eigenvalue weighted by Crippen LogP contribution is 2.32. The fraction of sp³-hybridized carbons (Fsp3) is 0.174. The molecule has 10 heteroatoms. The van der Waals surface area contributed by atoms with Crippen molar-refractivity contribution in [3.05, 3.63) is 66.7 Å². The highest BCUT2D eigenvalue weighted by Gasteiger charge is 2.29. The molecule has 0 radical (unpaired) electrons. The zero-order valence-corrected chi connectivity index (χ0v) is 18.4. The Kier molecular flexibility index (Phi) is 5.97. The van der Waals surface area contributed by atoms with Gasteiger partial charge < -0.3 is 19.4 Å². The van der Waals surface area contributed by atoms with Gasteiger partial charge >= 0.3 is 11.9 Å². The van der Waals surface area contributed by atoms with Crippen molar-refractivity contribution in [2.24, 2.45) is 5.92 Å². The number of carbonyl (C=O) groups is 2. The summed E-state index contributed by atoms with van der Waals surface area (Å²) >= 11 is 6.12. The predicted molar refractivity (Wildman–Crippen MR) is 124 cm³/mol. The normalized spacial score (nSPS) is 13.0. The van der Waals surface area contributed by atoms with E-state index < -0.39 is 23.9 Å². The minimum absolute atomic E-state index is 0.183. The minimum Gasteiger partial charge on any atom is -0.481 e. The SMILES string of the molecule is C=C[C@H]([C@@H](C=C)C(=O)O)n1cc(C(=O)OCC)c2cnc(-c3c[nH]c4ncc(Cl)cc34)nc21. The number of pyridine rings is 1. The van der Waals surface area contributed by atoms with Gasteiger partial charge in [0.15, 0.2) is 5.82 Å². The molecule has 0 fully saturated rings. The number of nitrogens with zero attached hydrogens (tertiary/aromatic N) is 4. The molecule has 0 saturated carbocycles. The summed E-state index contributed by atoms with van der Waals surface area (Å²) in [4.78, 5) is 40.9. The second-order valence-electron chi connectivity index (χ2n) is 7.18. The maximum Gasteiger partial charge on any atom is 0.340 e. The molecule has 4 aromatic heterocycles. The average Bonchev–Trinajstić information content (AvgIpc) is 3.38. The molecular weight excluding hydrogens is 446 g/mol. The lowest BCUT2D eigenvalue weighted by Crippen LogP contribution is -2.23. The van der Waals surface area contributed by atoms with Crippen LogP contribution < -0.4 is 0 Å². The number of carboxylic acids is 1. The Labute approximate surface area is 193 Å². The van der Waals surface area contributed by atoms with Gasteiger partial charge in [0.2, 0.25) is 0 Å². The van der Waals surface area contributed by atoms with E-state index in [2.05, 4.69) is 33.1 Å². The molecule has 4 heterocycles. The molecule has 0 saturated heterocycles. The van der Waals surface area contributed by atoms with Crippen molar-refractivity contribution in [2.45, 2.75) is 13.0 Å². The van der Waals surface area contributed by atoms with Crippen LogP contribution in [0.1, 0.15) is 23.3 Å². The van der Waals surface area contributed by atoms with Crippen LogP contribution in [0, 0.1) is 5.92 Å². The van der Waals surface area contributed by atoms with Crippen molar-refractivity contribution in [2.75, 3.05) is 6.61 Å². The lowest BCUT2D eigenvalue weighted by Gasteiger charge is -2.20. The first kappa shape index (κ1) is 22.2. The average molecular weight is 466 g/mol. The van der Waals surface area contributed by atoms with Gasteiger partial charge in [-0.05, 0) is 13.0 Å². The van der Waals surface area contributed by atoms with E-state index in [1.807, 2.05) is 0 Å². The van der Waals surface area contributed by atoms with Gasteiger partial charge in [-0.3, -0.25) is 4.79 Å². The molecule has 2 N–H and O–H groups in total. The van der Waals surface area contributed by atoms with Gasteiger partial charge in [0, 0.05) is 35.7 Å². The maximum atomic E-state index is 12.6. The number of fused-ring (bicyclic) bond motifs is 2. The monoisotopic (exact) mass is 465 g/mol. The highest BCUT2D eigenvalue weighted by molar-refractivity contribution is 6.31. The number of hydrogen-bond donors (Lipinski definition) is 2. The standard InChI is InChI=1S/C23H20ClN5O4/c1-4-13(22(30)31)18(5-2)29-11-17(23(32)33-6-3)16-10-27-20(28-21(16)29)15-9-26-19-14(15)7-12(24)8-25-19/h4-5,7-11,13,18H,1-2,6H2,3H3,(H,25,26)(H,30,31)/t13-,18-/m1/s1. The fourth-order valence-electron chi connectivity index (χ4n) is 3.74. The van der Waals surface area contributed by atoms with Gasteiger partial charge in [-0.1, -0.05) is 23.8 Å². The number of esters is 1. The molecule has 0 aliphatic heterocycles. The van der Waals surface area contributed by atoms with Crippen LogP contribution in [0.2, 0.25) is 5.02 Å². The Morgan fingerprint density at radius 3 is 2.73 bits per heavy atom. The highest BCUT2D eigenvalue weighted by atomic mass is 35.5. The van der Waals surface area contributed by atoms with E-state index in [0.29, 0.717) is 33.1 Å². The number of rotatable bonds is 8. The molecule has 0 bridgehead atoms. The molecule has 4 rings (SSSR count). The third kappa shape index (κ3) is 3.87. The Balaban J connectivity index is 1.97. The second-order valence-corrected chi connectivity index (χ2v) is 7.62. The van der Waals surface area contributed by atoms with Crippen LogP contribution in [0.4, 0.5) is 0 Å². The molecule has 4 aromatic rings. The van der Waals surface area contributed by atoms with Crippen molar-refractivity contribution >= 4 is 45.6 Å². The van der Waals surface area contributed by atoms with E-state index in [0.717, 1.165) is 5.39 Å². The van der Waals surface area contributed by atoms with Crippen LogP contribution in [0.3, 0.4) is 0 Å². The number of H-pyrrole nitrogens is 1. The van der Waals surface area contributed by atoms with Crippen LogP contribution in [0.5, 0.6) is 0 Å². The summed E-state index contributed by atoms with van der Waals surface area (Å²) in [5.41, 5.74) is 1.84. The molecule has 33 heavy (non-hydrogen) atoms.